The molecule has 0 unspecified atom stereocenters. The Balaban J connectivity index is 1.31. The number of benzene rings is 1. The molecule has 3 aromatic rings. The number of hydrogen-bond acceptors (Lipinski definition) is 6. The molecule has 2 aliphatic rings. The number of ether oxygens (including phenoxy) is 1. The number of urea groups is 1. The maximum atomic E-state index is 12.4. The van der Waals surface area contributed by atoms with E-state index in [2.05, 4.69) is 36.3 Å². The fourth-order valence-electron chi connectivity index (χ4n) is 4.94. The van der Waals surface area contributed by atoms with Crippen molar-refractivity contribution < 1.29 is 9.53 Å². The van der Waals surface area contributed by atoms with Crippen LogP contribution in [0.25, 0.3) is 22.2 Å². The Hall–Kier alpha value is -3.17. The number of nitrogen functional groups attached to an aromatic ring is 1. The summed E-state index contributed by atoms with van der Waals surface area (Å²) in [5, 5.41) is 6.91. The number of morpholine rings is 1. The van der Waals surface area contributed by atoms with Crippen LogP contribution in [0.4, 0.5) is 16.3 Å². The van der Waals surface area contributed by atoms with Gasteiger partial charge < -0.3 is 25.7 Å². The van der Waals surface area contributed by atoms with E-state index in [1.165, 1.54) is 25.6 Å². The lowest BCUT2D eigenvalue weighted by molar-refractivity contribution is 0.0365. The van der Waals surface area contributed by atoms with Crippen molar-refractivity contribution >= 4 is 28.6 Å². The van der Waals surface area contributed by atoms with Crippen LogP contribution < -0.4 is 16.4 Å². The first-order valence-corrected chi connectivity index (χ1v) is 12.2. The molecule has 1 aliphatic carbocycles. The van der Waals surface area contributed by atoms with E-state index in [0.717, 1.165) is 80.1 Å². The van der Waals surface area contributed by atoms with Gasteiger partial charge in [0.05, 0.1) is 18.6 Å². The molecule has 1 aliphatic heterocycles. The van der Waals surface area contributed by atoms with E-state index < -0.39 is 0 Å². The summed E-state index contributed by atoms with van der Waals surface area (Å²) in [6, 6.07) is 7.99. The van der Waals surface area contributed by atoms with Crippen LogP contribution in [0.5, 0.6) is 0 Å². The van der Waals surface area contributed by atoms with Crippen LogP contribution in [0.1, 0.15) is 32.1 Å². The summed E-state index contributed by atoms with van der Waals surface area (Å²) in [6.07, 6.45) is 9.38. The number of aromatic nitrogens is 3. The highest BCUT2D eigenvalue weighted by Crippen LogP contribution is 2.33. The van der Waals surface area contributed by atoms with Gasteiger partial charge in [-0.2, -0.15) is 0 Å². The molecule has 2 amide bonds. The van der Waals surface area contributed by atoms with E-state index in [1.54, 1.807) is 0 Å². The topological polar surface area (TPSA) is 110 Å². The van der Waals surface area contributed by atoms with Crippen molar-refractivity contribution in [2.75, 3.05) is 43.9 Å². The Morgan fingerprint density at radius 1 is 1.06 bits per heavy atom. The summed E-state index contributed by atoms with van der Waals surface area (Å²) in [5.74, 6) is 0.471. The molecule has 180 valence electrons. The van der Waals surface area contributed by atoms with Crippen molar-refractivity contribution in [3.63, 3.8) is 0 Å². The van der Waals surface area contributed by atoms with Gasteiger partial charge in [0, 0.05) is 49.7 Å². The number of carbonyl (C=O) groups excluding carboxylic acids is 1. The average molecular weight is 464 g/mol. The Bertz CT molecular complexity index is 1120. The third kappa shape index (κ3) is 5.15. The number of hydrogen-bond donors (Lipinski definition) is 3. The molecule has 5 rings (SSSR count). The molecule has 2 aromatic heterocycles. The second-order valence-corrected chi connectivity index (χ2v) is 9.16. The first-order chi connectivity index (χ1) is 16.7. The maximum Gasteiger partial charge on any atom is 0.319 e. The van der Waals surface area contributed by atoms with Gasteiger partial charge in [-0.05, 0) is 30.5 Å². The van der Waals surface area contributed by atoms with Crippen molar-refractivity contribution in [1.29, 1.82) is 0 Å². The number of rotatable bonds is 6. The van der Waals surface area contributed by atoms with Crippen molar-refractivity contribution in [2.45, 2.75) is 44.7 Å². The van der Waals surface area contributed by atoms with Crippen LogP contribution >= 0.6 is 0 Å². The van der Waals surface area contributed by atoms with Gasteiger partial charge in [0.25, 0.3) is 0 Å². The summed E-state index contributed by atoms with van der Waals surface area (Å²) in [7, 11) is 0. The number of anilines is 2. The van der Waals surface area contributed by atoms with Gasteiger partial charge in [-0.25, -0.2) is 14.8 Å². The largest absolute Gasteiger partial charge is 0.383 e. The second-order valence-electron chi connectivity index (χ2n) is 9.16. The van der Waals surface area contributed by atoms with E-state index in [9.17, 15) is 4.79 Å². The monoisotopic (exact) mass is 463 g/mol. The van der Waals surface area contributed by atoms with Crippen molar-refractivity contribution in [3.8, 4) is 11.1 Å². The molecule has 0 bridgehead atoms. The molecule has 0 atom stereocenters. The SMILES string of the molecule is Nc1ncnc2c1c(-c1ccc(NC(=O)NC3CCCCC3)cc1)cn2CCN1CCOCC1. The summed E-state index contributed by atoms with van der Waals surface area (Å²) < 4.78 is 7.61. The number of fused-ring (bicyclic) bond motifs is 1. The molecule has 1 saturated heterocycles. The smallest absolute Gasteiger partial charge is 0.319 e. The van der Waals surface area contributed by atoms with Crippen molar-refractivity contribution in [2.24, 2.45) is 0 Å². The first kappa shape index (κ1) is 22.6. The quantitative estimate of drug-likeness (QED) is 0.516. The predicted molar refractivity (Wildman–Crippen MR) is 134 cm³/mol. The van der Waals surface area contributed by atoms with Gasteiger partial charge in [0.2, 0.25) is 0 Å². The summed E-state index contributed by atoms with van der Waals surface area (Å²) in [6.45, 7) is 5.21. The summed E-state index contributed by atoms with van der Waals surface area (Å²) in [5.41, 5.74) is 9.88. The number of nitrogens with one attached hydrogen (secondary N) is 2. The first-order valence-electron chi connectivity index (χ1n) is 12.2. The van der Waals surface area contributed by atoms with E-state index in [0.29, 0.717) is 5.82 Å². The van der Waals surface area contributed by atoms with Crippen LogP contribution in [0.3, 0.4) is 0 Å². The number of nitrogens with zero attached hydrogens (tertiary/aromatic N) is 4. The normalized spacial score (nSPS) is 17.6. The molecule has 0 radical (unpaired) electrons. The van der Waals surface area contributed by atoms with Crippen LogP contribution in [-0.2, 0) is 11.3 Å². The molecule has 9 heteroatoms. The molecule has 1 saturated carbocycles. The zero-order chi connectivity index (χ0) is 23.3. The third-order valence-corrected chi connectivity index (χ3v) is 6.84. The number of carbonyl (C=O) groups is 1. The Labute approximate surface area is 199 Å². The fourth-order valence-corrected chi connectivity index (χ4v) is 4.94. The van der Waals surface area contributed by atoms with Crippen LogP contribution in [0.2, 0.25) is 0 Å². The molecule has 1 aromatic carbocycles. The van der Waals surface area contributed by atoms with Gasteiger partial charge in [0.15, 0.2) is 0 Å². The molecular weight excluding hydrogens is 430 g/mol. The number of amides is 2. The zero-order valence-corrected chi connectivity index (χ0v) is 19.5. The predicted octanol–water partition coefficient (Wildman–Crippen LogP) is 3.47. The van der Waals surface area contributed by atoms with Gasteiger partial charge >= 0.3 is 6.03 Å². The van der Waals surface area contributed by atoms with E-state index in [1.807, 2.05) is 24.3 Å². The minimum absolute atomic E-state index is 0.142. The lowest BCUT2D eigenvalue weighted by Gasteiger charge is -2.26. The van der Waals surface area contributed by atoms with Gasteiger partial charge in [-0.3, -0.25) is 4.90 Å². The Morgan fingerprint density at radius 2 is 1.82 bits per heavy atom. The summed E-state index contributed by atoms with van der Waals surface area (Å²) >= 11 is 0. The second kappa shape index (κ2) is 10.4. The molecule has 9 nitrogen and oxygen atoms in total. The number of nitrogens with two attached hydrogens (primary N) is 1. The minimum atomic E-state index is -0.142. The highest BCUT2D eigenvalue weighted by molar-refractivity contribution is 6.01. The fraction of sp³-hybridized carbons (Fsp3) is 0.480. The lowest BCUT2D eigenvalue weighted by Crippen LogP contribution is -2.38. The van der Waals surface area contributed by atoms with Gasteiger partial charge in [0.1, 0.15) is 17.8 Å². The maximum absolute atomic E-state index is 12.4. The lowest BCUT2D eigenvalue weighted by atomic mass is 9.96. The van der Waals surface area contributed by atoms with Crippen LogP contribution in [0.15, 0.2) is 36.8 Å². The van der Waals surface area contributed by atoms with E-state index in [-0.39, 0.29) is 12.1 Å². The molecule has 2 fully saturated rings. The molecule has 3 heterocycles. The zero-order valence-electron chi connectivity index (χ0n) is 19.5. The summed E-state index contributed by atoms with van der Waals surface area (Å²) in [4.78, 5) is 23.5. The Kier molecular flexibility index (Phi) is 6.92. The third-order valence-electron chi connectivity index (χ3n) is 6.84. The minimum Gasteiger partial charge on any atom is -0.383 e. The van der Waals surface area contributed by atoms with Crippen molar-refractivity contribution in [1.82, 2.24) is 24.8 Å². The van der Waals surface area contributed by atoms with Gasteiger partial charge in [-0.1, -0.05) is 31.4 Å². The highest BCUT2D eigenvalue weighted by atomic mass is 16.5. The molecule has 34 heavy (non-hydrogen) atoms. The van der Waals surface area contributed by atoms with E-state index >= 15 is 0 Å². The molecule has 0 spiro atoms. The molecular formula is C25H33N7O2. The van der Waals surface area contributed by atoms with Crippen LogP contribution in [0, 0.1) is 0 Å². The molecule has 4 N–H and O–H groups in total. The van der Waals surface area contributed by atoms with E-state index in [4.69, 9.17) is 10.5 Å². The highest BCUT2D eigenvalue weighted by Gasteiger charge is 2.18. The standard InChI is InChI=1S/C25H33N7O2/c26-23-22-21(16-32(24(22)28-17-27-23)11-10-31-12-14-34-15-13-31)18-6-8-20(9-7-18)30-25(33)29-19-4-2-1-3-5-19/h6-9,16-17,19H,1-5,10-15H2,(H2,26,27,28)(H2,29,30,33). The average Bonchev–Trinajstić information content (AvgIpc) is 3.24. The van der Waals surface area contributed by atoms with Crippen LogP contribution in [-0.4, -0.2) is 64.4 Å². The van der Waals surface area contributed by atoms with Crippen molar-refractivity contribution in [3.05, 3.63) is 36.8 Å². The van der Waals surface area contributed by atoms with Gasteiger partial charge in [-0.15, -0.1) is 0 Å². The Morgan fingerprint density at radius 3 is 2.59 bits per heavy atom.